The molecule has 112 valence electrons. The minimum absolute atomic E-state index is 0.239. The molecule has 1 saturated carbocycles. The zero-order valence-corrected chi connectivity index (χ0v) is 12.8. The predicted octanol–water partition coefficient (Wildman–Crippen LogP) is 3.23. The molecule has 0 aromatic rings. The maximum Gasteiger partial charge on any atom is 0.220 e. The van der Waals surface area contributed by atoms with Crippen LogP contribution in [0.2, 0.25) is 0 Å². The number of hydrogen-bond acceptors (Lipinski definition) is 2. The van der Waals surface area contributed by atoms with Crippen LogP contribution >= 0.6 is 0 Å². The van der Waals surface area contributed by atoms with Gasteiger partial charge in [-0.25, -0.2) is 0 Å². The molecule has 0 heterocycles. The minimum Gasteiger partial charge on any atom is -0.353 e. The molecule has 1 aliphatic rings. The summed E-state index contributed by atoms with van der Waals surface area (Å²) in [6.45, 7) is 5.16. The molecule has 1 rings (SSSR count). The van der Waals surface area contributed by atoms with Gasteiger partial charge in [-0.05, 0) is 56.9 Å². The molecule has 1 atom stereocenters. The van der Waals surface area contributed by atoms with Gasteiger partial charge in [0.25, 0.3) is 0 Å². The summed E-state index contributed by atoms with van der Waals surface area (Å²) in [5.41, 5.74) is 5.52. The van der Waals surface area contributed by atoms with Crippen molar-refractivity contribution in [1.29, 1.82) is 0 Å². The summed E-state index contributed by atoms with van der Waals surface area (Å²) in [7, 11) is 0. The van der Waals surface area contributed by atoms with Gasteiger partial charge in [0.05, 0.1) is 0 Å². The standard InChI is InChI=1S/C16H32N2O/c1-3-4-14-6-8-15(9-7-14)18-16(19)10-5-13(2)11-12-17/h13-15H,3-12,17H2,1-2H3,(H,18,19). The normalized spacial score (nSPS) is 25.0. The van der Waals surface area contributed by atoms with E-state index in [4.69, 9.17) is 5.73 Å². The number of carbonyl (C=O) groups excluding carboxylic acids is 1. The molecule has 3 nitrogen and oxygen atoms in total. The van der Waals surface area contributed by atoms with E-state index in [0.29, 0.717) is 18.4 Å². The third-order valence-electron chi connectivity index (χ3n) is 4.43. The van der Waals surface area contributed by atoms with Crippen LogP contribution in [0.4, 0.5) is 0 Å². The Morgan fingerprint density at radius 2 is 1.95 bits per heavy atom. The third-order valence-corrected chi connectivity index (χ3v) is 4.43. The van der Waals surface area contributed by atoms with E-state index in [1.54, 1.807) is 0 Å². The predicted molar refractivity (Wildman–Crippen MR) is 80.9 cm³/mol. The van der Waals surface area contributed by atoms with Crippen LogP contribution in [0.15, 0.2) is 0 Å². The molecule has 0 radical (unpaired) electrons. The monoisotopic (exact) mass is 268 g/mol. The van der Waals surface area contributed by atoms with E-state index in [9.17, 15) is 4.79 Å². The topological polar surface area (TPSA) is 55.1 Å². The molecule has 0 aromatic heterocycles. The van der Waals surface area contributed by atoms with Gasteiger partial charge in [-0.3, -0.25) is 4.79 Å². The minimum atomic E-state index is 0.239. The molecule has 0 bridgehead atoms. The molecule has 0 saturated heterocycles. The van der Waals surface area contributed by atoms with Gasteiger partial charge in [0.15, 0.2) is 0 Å². The Bertz CT molecular complexity index is 247. The maximum atomic E-state index is 11.9. The molecule has 1 unspecified atom stereocenters. The van der Waals surface area contributed by atoms with Crippen molar-refractivity contribution >= 4 is 5.91 Å². The Kier molecular flexibility index (Phi) is 8.11. The average molecular weight is 268 g/mol. The van der Waals surface area contributed by atoms with E-state index < -0.39 is 0 Å². The van der Waals surface area contributed by atoms with E-state index in [2.05, 4.69) is 19.2 Å². The number of rotatable bonds is 8. The summed E-state index contributed by atoms with van der Waals surface area (Å²) >= 11 is 0. The summed E-state index contributed by atoms with van der Waals surface area (Å²) in [5, 5.41) is 3.21. The molecular formula is C16H32N2O. The fourth-order valence-electron chi connectivity index (χ4n) is 3.11. The first kappa shape index (κ1) is 16.5. The van der Waals surface area contributed by atoms with Crippen molar-refractivity contribution < 1.29 is 4.79 Å². The summed E-state index contributed by atoms with van der Waals surface area (Å²) < 4.78 is 0. The Hall–Kier alpha value is -0.570. The van der Waals surface area contributed by atoms with Crippen LogP contribution in [0, 0.1) is 11.8 Å². The van der Waals surface area contributed by atoms with Gasteiger partial charge in [-0.1, -0.05) is 26.7 Å². The lowest BCUT2D eigenvalue weighted by Crippen LogP contribution is -2.37. The number of amides is 1. The second-order valence-electron chi connectivity index (χ2n) is 6.30. The molecule has 0 aliphatic heterocycles. The highest BCUT2D eigenvalue weighted by molar-refractivity contribution is 5.76. The van der Waals surface area contributed by atoms with Crippen LogP contribution < -0.4 is 11.1 Å². The number of nitrogens with two attached hydrogens (primary N) is 1. The van der Waals surface area contributed by atoms with Crippen molar-refractivity contribution in [3.63, 3.8) is 0 Å². The lowest BCUT2D eigenvalue weighted by molar-refractivity contribution is -0.122. The number of hydrogen-bond donors (Lipinski definition) is 2. The fraction of sp³-hybridized carbons (Fsp3) is 0.938. The van der Waals surface area contributed by atoms with Crippen molar-refractivity contribution in [2.24, 2.45) is 17.6 Å². The largest absolute Gasteiger partial charge is 0.353 e. The highest BCUT2D eigenvalue weighted by Gasteiger charge is 2.21. The third kappa shape index (κ3) is 6.95. The van der Waals surface area contributed by atoms with Crippen molar-refractivity contribution in [3.8, 4) is 0 Å². The van der Waals surface area contributed by atoms with Crippen molar-refractivity contribution in [3.05, 3.63) is 0 Å². The van der Waals surface area contributed by atoms with Crippen molar-refractivity contribution in [1.82, 2.24) is 5.32 Å². The van der Waals surface area contributed by atoms with Crippen LogP contribution in [0.1, 0.15) is 71.6 Å². The molecule has 3 heteroatoms. The van der Waals surface area contributed by atoms with Crippen LogP contribution in [-0.2, 0) is 4.79 Å². The SMILES string of the molecule is CCCC1CCC(NC(=O)CCC(C)CCN)CC1. The van der Waals surface area contributed by atoms with Gasteiger partial charge < -0.3 is 11.1 Å². The molecule has 1 fully saturated rings. The van der Waals surface area contributed by atoms with Gasteiger partial charge in [0.2, 0.25) is 5.91 Å². The van der Waals surface area contributed by atoms with E-state index in [1.807, 2.05) is 0 Å². The second-order valence-corrected chi connectivity index (χ2v) is 6.30. The summed E-state index contributed by atoms with van der Waals surface area (Å²) in [4.78, 5) is 11.9. The zero-order valence-electron chi connectivity index (χ0n) is 12.8. The molecule has 1 aliphatic carbocycles. The van der Waals surface area contributed by atoms with Gasteiger partial charge in [-0.2, -0.15) is 0 Å². The smallest absolute Gasteiger partial charge is 0.220 e. The number of carbonyl (C=O) groups is 1. The number of nitrogens with one attached hydrogen (secondary N) is 1. The van der Waals surface area contributed by atoms with E-state index >= 15 is 0 Å². The Morgan fingerprint density at radius 1 is 1.26 bits per heavy atom. The molecule has 0 aromatic carbocycles. The lowest BCUT2D eigenvalue weighted by Gasteiger charge is -2.29. The fourth-order valence-corrected chi connectivity index (χ4v) is 3.11. The van der Waals surface area contributed by atoms with Crippen LogP contribution in [0.25, 0.3) is 0 Å². The first-order valence-corrected chi connectivity index (χ1v) is 8.15. The zero-order chi connectivity index (χ0) is 14.1. The molecule has 3 N–H and O–H groups in total. The van der Waals surface area contributed by atoms with E-state index in [0.717, 1.165) is 25.3 Å². The van der Waals surface area contributed by atoms with Gasteiger partial charge in [0.1, 0.15) is 0 Å². The highest BCUT2D eigenvalue weighted by Crippen LogP contribution is 2.27. The van der Waals surface area contributed by atoms with Crippen molar-refractivity contribution in [2.75, 3.05) is 6.54 Å². The van der Waals surface area contributed by atoms with Crippen molar-refractivity contribution in [2.45, 2.75) is 77.7 Å². The lowest BCUT2D eigenvalue weighted by atomic mass is 9.83. The van der Waals surface area contributed by atoms with Crippen LogP contribution in [-0.4, -0.2) is 18.5 Å². The summed E-state index contributed by atoms with van der Waals surface area (Å²) in [6, 6.07) is 0.436. The Labute approximate surface area is 118 Å². The van der Waals surface area contributed by atoms with Crippen LogP contribution in [0.3, 0.4) is 0 Å². The van der Waals surface area contributed by atoms with Gasteiger partial charge >= 0.3 is 0 Å². The summed E-state index contributed by atoms with van der Waals surface area (Å²) in [5.74, 6) is 1.71. The van der Waals surface area contributed by atoms with Gasteiger partial charge in [0, 0.05) is 12.5 Å². The maximum absolute atomic E-state index is 11.9. The summed E-state index contributed by atoms with van der Waals surface area (Å²) in [6.07, 6.45) is 10.2. The quantitative estimate of drug-likeness (QED) is 0.710. The highest BCUT2D eigenvalue weighted by atomic mass is 16.1. The van der Waals surface area contributed by atoms with Gasteiger partial charge in [-0.15, -0.1) is 0 Å². The Morgan fingerprint density at radius 3 is 2.53 bits per heavy atom. The first-order valence-electron chi connectivity index (χ1n) is 8.15. The Balaban J connectivity index is 2.13. The second kappa shape index (κ2) is 9.35. The molecule has 1 amide bonds. The van der Waals surface area contributed by atoms with E-state index in [-0.39, 0.29) is 5.91 Å². The first-order chi connectivity index (χ1) is 9.15. The van der Waals surface area contributed by atoms with Crippen LogP contribution in [0.5, 0.6) is 0 Å². The molecular weight excluding hydrogens is 236 g/mol. The van der Waals surface area contributed by atoms with E-state index in [1.165, 1.54) is 38.5 Å². The average Bonchev–Trinajstić information content (AvgIpc) is 2.39. The molecule has 0 spiro atoms. The molecule has 19 heavy (non-hydrogen) atoms.